The highest BCUT2D eigenvalue weighted by atomic mass is 28.4. The quantitative estimate of drug-likeness (QED) is 0.389. The van der Waals surface area contributed by atoms with E-state index in [1.54, 1.807) is 7.11 Å². The van der Waals surface area contributed by atoms with Crippen LogP contribution in [0.1, 0.15) is 51.7 Å². The van der Waals surface area contributed by atoms with Gasteiger partial charge in [-0.2, -0.15) is 0 Å². The molecule has 0 unspecified atom stereocenters. The van der Waals surface area contributed by atoms with E-state index in [0.717, 1.165) is 24.2 Å². The molecule has 0 saturated carbocycles. The summed E-state index contributed by atoms with van der Waals surface area (Å²) in [6.07, 6.45) is 3.82. The van der Waals surface area contributed by atoms with Gasteiger partial charge in [-0.15, -0.1) is 6.58 Å². The Balaban J connectivity index is 3.07. The van der Waals surface area contributed by atoms with Crippen LogP contribution in [0.15, 0.2) is 30.9 Å². The van der Waals surface area contributed by atoms with Gasteiger partial charge in [-0.3, -0.25) is 0 Å². The van der Waals surface area contributed by atoms with Gasteiger partial charge in [0.25, 0.3) is 8.32 Å². The normalized spacial score (nSPS) is 13.5. The summed E-state index contributed by atoms with van der Waals surface area (Å²) >= 11 is 0. The Labute approximate surface area is 142 Å². The van der Waals surface area contributed by atoms with Crippen molar-refractivity contribution >= 4 is 8.32 Å². The van der Waals surface area contributed by atoms with Gasteiger partial charge in [0.15, 0.2) is 5.75 Å². The molecule has 3 nitrogen and oxygen atoms in total. The predicted molar refractivity (Wildman–Crippen MR) is 99.8 cm³/mol. The van der Waals surface area contributed by atoms with Crippen LogP contribution in [0.5, 0.6) is 11.5 Å². The van der Waals surface area contributed by atoms with Crippen molar-refractivity contribution in [1.29, 1.82) is 0 Å². The molecule has 0 radical (unpaired) electrons. The fraction of sp³-hybridized carbons (Fsp3) is 0.579. The number of ether oxygens (including phenoxy) is 1. The van der Waals surface area contributed by atoms with Crippen LogP contribution in [0, 0.1) is 0 Å². The molecule has 0 aliphatic rings. The van der Waals surface area contributed by atoms with E-state index >= 15 is 0 Å². The summed E-state index contributed by atoms with van der Waals surface area (Å²) in [5.74, 6) is 1.39. The molecule has 1 N–H and O–H groups in total. The maximum absolute atomic E-state index is 10.5. The third-order valence-corrected chi connectivity index (χ3v) is 8.97. The molecule has 0 aliphatic heterocycles. The van der Waals surface area contributed by atoms with E-state index in [4.69, 9.17) is 9.16 Å². The molecule has 1 aromatic carbocycles. The molecule has 0 heterocycles. The lowest BCUT2D eigenvalue weighted by Crippen LogP contribution is -2.44. The first kappa shape index (κ1) is 19.8. The smallest absolute Gasteiger partial charge is 0.250 e. The summed E-state index contributed by atoms with van der Waals surface area (Å²) in [7, 11) is -0.324. The highest BCUT2D eigenvalue weighted by Crippen LogP contribution is 2.42. The number of hydrogen-bond acceptors (Lipinski definition) is 3. The van der Waals surface area contributed by atoms with Crippen LogP contribution in [0.2, 0.25) is 18.1 Å². The van der Waals surface area contributed by atoms with E-state index < -0.39 is 14.4 Å². The Bertz CT molecular complexity index is 518. The second-order valence-electron chi connectivity index (χ2n) is 7.48. The van der Waals surface area contributed by atoms with Crippen molar-refractivity contribution in [3.05, 3.63) is 36.4 Å². The van der Waals surface area contributed by atoms with Gasteiger partial charge >= 0.3 is 0 Å². The van der Waals surface area contributed by atoms with Gasteiger partial charge in [0.05, 0.1) is 13.2 Å². The molecule has 1 rings (SSSR count). The summed E-state index contributed by atoms with van der Waals surface area (Å²) in [5.41, 5.74) is 0.799. The number of benzene rings is 1. The molecule has 1 aromatic rings. The number of rotatable bonds is 8. The first-order valence-corrected chi connectivity index (χ1v) is 11.2. The molecule has 23 heavy (non-hydrogen) atoms. The van der Waals surface area contributed by atoms with Gasteiger partial charge in [0, 0.05) is 5.56 Å². The number of hydrogen-bond donors (Lipinski definition) is 1. The summed E-state index contributed by atoms with van der Waals surface area (Å²) in [4.78, 5) is 0. The topological polar surface area (TPSA) is 38.7 Å². The highest BCUT2D eigenvalue weighted by Gasteiger charge is 2.39. The van der Waals surface area contributed by atoms with Crippen molar-refractivity contribution in [1.82, 2.24) is 0 Å². The largest absolute Gasteiger partial charge is 0.541 e. The molecule has 0 spiro atoms. The molecule has 0 aliphatic carbocycles. The second-order valence-corrected chi connectivity index (χ2v) is 12.2. The van der Waals surface area contributed by atoms with Crippen molar-refractivity contribution in [3.8, 4) is 11.5 Å². The average Bonchev–Trinajstić information content (AvgIpc) is 2.45. The van der Waals surface area contributed by atoms with E-state index in [2.05, 4.69) is 40.4 Å². The molecule has 130 valence electrons. The highest BCUT2D eigenvalue weighted by molar-refractivity contribution is 6.74. The minimum absolute atomic E-state index is 0.108. The maximum Gasteiger partial charge on any atom is 0.250 e. The van der Waals surface area contributed by atoms with Gasteiger partial charge in [0.2, 0.25) is 0 Å². The third kappa shape index (κ3) is 5.11. The van der Waals surface area contributed by atoms with Crippen LogP contribution in [0.25, 0.3) is 0 Å². The molecule has 4 heteroatoms. The Kier molecular flexibility index (Phi) is 6.90. The fourth-order valence-corrected chi connectivity index (χ4v) is 3.15. The number of unbranched alkanes of at least 4 members (excludes halogenated alkanes) is 1. The summed E-state index contributed by atoms with van der Waals surface area (Å²) in [6, 6.07) is 5.77. The van der Waals surface area contributed by atoms with Crippen LogP contribution < -0.4 is 9.16 Å². The Morgan fingerprint density at radius 1 is 1.30 bits per heavy atom. The Morgan fingerprint density at radius 2 is 1.96 bits per heavy atom. The van der Waals surface area contributed by atoms with Crippen LogP contribution in [0.3, 0.4) is 0 Å². The van der Waals surface area contributed by atoms with Crippen molar-refractivity contribution in [3.63, 3.8) is 0 Å². The zero-order valence-electron chi connectivity index (χ0n) is 15.5. The molecule has 0 bridgehead atoms. The van der Waals surface area contributed by atoms with E-state index in [-0.39, 0.29) is 5.04 Å². The zero-order chi connectivity index (χ0) is 17.7. The minimum atomic E-state index is -1.96. The maximum atomic E-state index is 10.5. The van der Waals surface area contributed by atoms with Crippen molar-refractivity contribution in [2.24, 2.45) is 0 Å². The summed E-state index contributed by atoms with van der Waals surface area (Å²) in [5, 5.41) is 10.6. The molecule has 0 aromatic heterocycles. The molecular formula is C19H32O3Si. The third-order valence-electron chi connectivity index (χ3n) is 4.63. The van der Waals surface area contributed by atoms with Crippen LogP contribution in [-0.2, 0) is 0 Å². The lowest BCUT2D eigenvalue weighted by molar-refractivity contribution is 0.160. The zero-order valence-corrected chi connectivity index (χ0v) is 16.5. The lowest BCUT2D eigenvalue weighted by atomic mass is 10.0. The summed E-state index contributed by atoms with van der Waals surface area (Å²) in [6.45, 7) is 14.8. The van der Waals surface area contributed by atoms with Gasteiger partial charge in [0.1, 0.15) is 5.75 Å². The molecular weight excluding hydrogens is 304 g/mol. The lowest BCUT2D eigenvalue weighted by Gasteiger charge is -2.37. The van der Waals surface area contributed by atoms with Gasteiger partial charge < -0.3 is 14.3 Å². The van der Waals surface area contributed by atoms with Crippen molar-refractivity contribution in [2.45, 2.75) is 64.3 Å². The number of aliphatic hydroxyl groups excluding tert-OH is 1. The van der Waals surface area contributed by atoms with E-state index in [1.807, 2.05) is 24.3 Å². The van der Waals surface area contributed by atoms with Crippen molar-refractivity contribution in [2.75, 3.05) is 7.11 Å². The standard InChI is InChI=1S/C19H32O3Si/c1-8-9-10-13-16(20)15-12-11-14-17(18(15)21-5)22-23(6,7)19(2,3)4/h8,11-12,14,16,20H,1,9-10,13H2,2-7H3/t16-/m1/s1. The van der Waals surface area contributed by atoms with Crippen molar-refractivity contribution < 1.29 is 14.3 Å². The first-order chi connectivity index (χ1) is 10.6. The molecule has 1 atom stereocenters. The van der Waals surface area contributed by atoms with E-state index in [1.165, 1.54) is 0 Å². The number of aliphatic hydroxyl groups is 1. The molecule has 0 amide bonds. The van der Waals surface area contributed by atoms with Crippen LogP contribution >= 0.6 is 0 Å². The molecule has 0 saturated heterocycles. The van der Waals surface area contributed by atoms with Crippen LogP contribution in [0.4, 0.5) is 0 Å². The number of allylic oxidation sites excluding steroid dienone is 1. The monoisotopic (exact) mass is 336 g/mol. The van der Waals surface area contributed by atoms with Gasteiger partial charge in [-0.05, 0) is 43.5 Å². The molecule has 0 fully saturated rings. The number of methoxy groups -OCH3 is 1. The second kappa shape index (κ2) is 8.02. The predicted octanol–water partition coefficient (Wildman–Crippen LogP) is 5.47. The SMILES string of the molecule is C=CCCC[C@@H](O)c1cccc(O[Si](C)(C)C(C)(C)C)c1OC. The van der Waals surface area contributed by atoms with E-state index in [9.17, 15) is 5.11 Å². The van der Waals surface area contributed by atoms with Gasteiger partial charge in [-0.1, -0.05) is 39.0 Å². The van der Waals surface area contributed by atoms with Gasteiger partial charge in [-0.25, -0.2) is 0 Å². The van der Waals surface area contributed by atoms with E-state index in [0.29, 0.717) is 12.2 Å². The Morgan fingerprint density at radius 3 is 2.48 bits per heavy atom. The fourth-order valence-electron chi connectivity index (χ4n) is 2.13. The summed E-state index contributed by atoms with van der Waals surface area (Å²) < 4.78 is 12.0. The van der Waals surface area contributed by atoms with Crippen LogP contribution in [-0.4, -0.2) is 20.5 Å². The first-order valence-electron chi connectivity index (χ1n) is 8.29. The Hall–Kier alpha value is -1.26. The average molecular weight is 337 g/mol. The minimum Gasteiger partial charge on any atom is -0.541 e. The number of para-hydroxylation sites is 1.